The molecule has 0 aliphatic heterocycles. The molecule has 3 nitrogen and oxygen atoms in total. The summed E-state index contributed by atoms with van der Waals surface area (Å²) in [5.41, 5.74) is 0. The van der Waals surface area contributed by atoms with Crippen LogP contribution in [0.3, 0.4) is 0 Å². The predicted molar refractivity (Wildman–Crippen MR) is 46.9 cm³/mol. The smallest absolute Gasteiger partial charge is 0.427 e. The lowest BCUT2D eigenvalue weighted by Gasteiger charge is -2.02. The van der Waals surface area contributed by atoms with Crippen LogP contribution in [-0.4, -0.2) is 14.0 Å². The van der Waals surface area contributed by atoms with Crippen molar-refractivity contribution in [3.8, 4) is 0 Å². The summed E-state index contributed by atoms with van der Waals surface area (Å²) in [7, 11) is 0. The monoisotopic (exact) mass is 341 g/mol. The molecule has 0 aromatic heterocycles. The third-order valence-electron chi connectivity index (χ3n) is 0.406. The molecule has 0 heterocycles. The highest BCUT2D eigenvalue weighted by Gasteiger charge is 2.04. The van der Waals surface area contributed by atoms with Gasteiger partial charge in [0.05, 0.1) is 52.3 Å². The van der Waals surface area contributed by atoms with E-state index in [4.69, 9.17) is 0 Å². The van der Waals surface area contributed by atoms with Crippen molar-refractivity contribution in [2.75, 3.05) is 6.61 Å². The van der Waals surface area contributed by atoms with Gasteiger partial charge in [-0.15, -0.1) is 0 Å². The predicted octanol–water partition coefficient (Wildman–Crippen LogP) is 2.14. The number of hydrogen-bond donors (Lipinski definition) is 0. The Kier molecular flexibility index (Phi) is 5.01. The summed E-state index contributed by atoms with van der Waals surface area (Å²) >= 11 is 3.67. The number of hydrogen-bond acceptors (Lipinski definition) is 2. The molecule has 0 fully saturated rings. The Morgan fingerprint density at radius 1 is 1.75 bits per heavy atom. The van der Waals surface area contributed by atoms with Crippen molar-refractivity contribution in [3.05, 3.63) is 0 Å². The number of halogens is 2. The van der Waals surface area contributed by atoms with Crippen molar-refractivity contribution in [2.45, 2.75) is 6.92 Å². The van der Waals surface area contributed by atoms with Gasteiger partial charge >= 0.3 is 6.09 Å². The van der Waals surface area contributed by atoms with Gasteiger partial charge in [-0.25, -0.2) is 4.79 Å². The molecule has 0 saturated carbocycles. The van der Waals surface area contributed by atoms with E-state index in [0.29, 0.717) is 6.61 Å². The first-order valence-electron chi connectivity index (χ1n) is 1.97. The third kappa shape index (κ3) is 3.70. The SMILES string of the molecule is CCOC(=O)N(I)I. The minimum absolute atomic E-state index is 0.311. The largest absolute Gasteiger partial charge is 0.449 e. The first-order valence-corrected chi connectivity index (χ1v) is 3.90. The van der Waals surface area contributed by atoms with Crippen LogP contribution in [0.1, 0.15) is 6.92 Å². The number of amides is 1. The fourth-order valence-electron chi connectivity index (χ4n) is 0.172. The van der Waals surface area contributed by atoms with Gasteiger partial charge in [-0.05, 0) is 6.92 Å². The zero-order valence-electron chi connectivity index (χ0n) is 4.23. The second-order valence-electron chi connectivity index (χ2n) is 0.932. The van der Waals surface area contributed by atoms with E-state index in [1.807, 2.05) is 45.7 Å². The summed E-state index contributed by atoms with van der Waals surface area (Å²) in [6.45, 7) is 2.20. The molecule has 0 aromatic carbocycles. The van der Waals surface area contributed by atoms with Crippen LogP contribution in [0.15, 0.2) is 0 Å². The van der Waals surface area contributed by atoms with Crippen LogP contribution in [-0.2, 0) is 4.74 Å². The maximum Gasteiger partial charge on any atom is 0.427 e. The van der Waals surface area contributed by atoms with Gasteiger partial charge in [-0.3, -0.25) is 0 Å². The fourth-order valence-corrected chi connectivity index (χ4v) is 0.451. The molecule has 1 amide bonds. The summed E-state index contributed by atoms with van der Waals surface area (Å²) in [6.07, 6.45) is -0.311. The van der Waals surface area contributed by atoms with Crippen LogP contribution < -0.4 is 0 Å². The first-order chi connectivity index (χ1) is 3.68. The molecule has 0 N–H and O–H groups in total. The highest BCUT2D eigenvalue weighted by Crippen LogP contribution is 2.08. The molecule has 0 rings (SSSR count). The van der Waals surface area contributed by atoms with E-state index in [2.05, 4.69) is 4.74 Å². The van der Waals surface area contributed by atoms with Crippen LogP contribution in [0.2, 0.25) is 0 Å². The van der Waals surface area contributed by atoms with E-state index in [0.717, 1.165) is 0 Å². The molecule has 0 bridgehead atoms. The molecule has 0 saturated heterocycles. The molecule has 0 spiro atoms. The molecule has 8 heavy (non-hydrogen) atoms. The highest BCUT2D eigenvalue weighted by molar-refractivity contribution is 14.2. The van der Waals surface area contributed by atoms with Crippen LogP contribution in [0.5, 0.6) is 0 Å². The second-order valence-corrected chi connectivity index (χ2v) is 4.71. The Labute approximate surface area is 75.7 Å². The molecule has 0 unspecified atom stereocenters. The van der Waals surface area contributed by atoms with Crippen molar-refractivity contribution in [1.82, 2.24) is 1.33 Å². The molecule has 0 aliphatic rings. The normalized spacial score (nSPS) is 8.38. The Bertz CT molecular complexity index is 85.4. The first kappa shape index (κ1) is 8.73. The Hall–Kier alpha value is 0.730. The average Bonchev–Trinajstić information content (AvgIpc) is 1.67. The van der Waals surface area contributed by atoms with E-state index < -0.39 is 0 Å². The molecule has 0 atom stereocenters. The Balaban J connectivity index is 3.33. The summed E-state index contributed by atoms with van der Waals surface area (Å²) in [4.78, 5) is 10.4. The van der Waals surface area contributed by atoms with Crippen molar-refractivity contribution in [1.29, 1.82) is 0 Å². The average molecular weight is 341 g/mol. The molecule has 5 heteroatoms. The van der Waals surface area contributed by atoms with E-state index in [-0.39, 0.29) is 6.09 Å². The van der Waals surface area contributed by atoms with Crippen molar-refractivity contribution in [2.24, 2.45) is 0 Å². The molecule has 48 valence electrons. The summed E-state index contributed by atoms with van der Waals surface area (Å²) in [5, 5.41) is 0. The standard InChI is InChI=1S/C3H5I2NO2/c1-2-8-3(7)6(4)5/h2H2,1H3. The van der Waals surface area contributed by atoms with Crippen LogP contribution >= 0.6 is 45.7 Å². The van der Waals surface area contributed by atoms with Gasteiger partial charge < -0.3 is 4.74 Å². The lowest BCUT2D eigenvalue weighted by atomic mass is 10.9. The van der Waals surface area contributed by atoms with Gasteiger partial charge in [0, 0.05) is 0 Å². The number of nitrogens with zero attached hydrogens (tertiary/aromatic N) is 1. The highest BCUT2D eigenvalue weighted by atomic mass is 127. The summed E-state index contributed by atoms with van der Waals surface area (Å²) < 4.78 is 5.91. The molecular formula is C3H5I2NO2. The molecular weight excluding hydrogens is 336 g/mol. The summed E-state index contributed by atoms with van der Waals surface area (Å²) in [6, 6.07) is 0. The van der Waals surface area contributed by atoms with Gasteiger partial charge in [0.1, 0.15) is 0 Å². The van der Waals surface area contributed by atoms with Crippen LogP contribution in [0.25, 0.3) is 0 Å². The lowest BCUT2D eigenvalue weighted by Crippen LogP contribution is -2.10. The molecule has 0 radical (unpaired) electrons. The van der Waals surface area contributed by atoms with Gasteiger partial charge in [0.2, 0.25) is 0 Å². The Morgan fingerprint density at radius 2 is 2.25 bits per heavy atom. The Morgan fingerprint density at radius 3 is 2.38 bits per heavy atom. The number of ether oxygens (including phenoxy) is 1. The fraction of sp³-hybridized carbons (Fsp3) is 0.667. The quantitative estimate of drug-likeness (QED) is 0.540. The van der Waals surface area contributed by atoms with Crippen molar-refractivity contribution in [3.63, 3.8) is 0 Å². The van der Waals surface area contributed by atoms with Gasteiger partial charge in [-0.2, -0.15) is 1.33 Å². The van der Waals surface area contributed by atoms with Crippen LogP contribution in [0, 0.1) is 0 Å². The topological polar surface area (TPSA) is 29.5 Å². The van der Waals surface area contributed by atoms with Gasteiger partial charge in [0.15, 0.2) is 0 Å². The molecule has 0 aliphatic carbocycles. The lowest BCUT2D eigenvalue weighted by molar-refractivity contribution is 0.152. The van der Waals surface area contributed by atoms with E-state index in [9.17, 15) is 4.79 Å². The zero-order valence-corrected chi connectivity index (χ0v) is 8.54. The van der Waals surface area contributed by atoms with Crippen molar-refractivity contribution < 1.29 is 9.53 Å². The minimum atomic E-state index is -0.311. The second kappa shape index (κ2) is 4.59. The number of carbonyl (C=O) groups excluding carboxylic acids is 1. The molecule has 0 aromatic rings. The number of carbonyl (C=O) groups is 1. The van der Waals surface area contributed by atoms with Gasteiger partial charge in [-0.1, -0.05) is 0 Å². The summed E-state index contributed by atoms with van der Waals surface area (Å²) in [5.74, 6) is 0. The van der Waals surface area contributed by atoms with Crippen LogP contribution in [0.4, 0.5) is 4.79 Å². The zero-order chi connectivity index (χ0) is 6.57. The minimum Gasteiger partial charge on any atom is -0.449 e. The maximum absolute atomic E-state index is 10.4. The van der Waals surface area contributed by atoms with E-state index in [1.54, 1.807) is 6.92 Å². The maximum atomic E-state index is 10.4. The van der Waals surface area contributed by atoms with E-state index >= 15 is 0 Å². The number of rotatable bonds is 1. The van der Waals surface area contributed by atoms with Gasteiger partial charge in [0.25, 0.3) is 0 Å². The van der Waals surface area contributed by atoms with Crippen molar-refractivity contribution >= 4 is 51.8 Å². The van der Waals surface area contributed by atoms with E-state index in [1.165, 1.54) is 1.33 Å². The third-order valence-corrected chi connectivity index (χ3v) is 1.19.